The predicted octanol–water partition coefficient (Wildman–Crippen LogP) is 3.38. The van der Waals surface area contributed by atoms with Crippen LogP contribution in [0.2, 0.25) is 5.02 Å². The molecule has 4 heteroatoms. The number of nitrogens with one attached hydrogen (secondary N) is 1. The van der Waals surface area contributed by atoms with Gasteiger partial charge in [0.25, 0.3) is 0 Å². The number of rotatable bonds is 8. The first-order valence-electron chi connectivity index (χ1n) is 7.54. The van der Waals surface area contributed by atoms with E-state index in [9.17, 15) is 0 Å². The van der Waals surface area contributed by atoms with Crippen LogP contribution in [0.3, 0.4) is 0 Å². The van der Waals surface area contributed by atoms with Crippen LogP contribution in [0.1, 0.15) is 39.7 Å². The highest BCUT2D eigenvalue weighted by Gasteiger charge is 2.36. The van der Waals surface area contributed by atoms with Crippen LogP contribution in [0.4, 0.5) is 0 Å². The molecule has 20 heavy (non-hydrogen) atoms. The van der Waals surface area contributed by atoms with Gasteiger partial charge in [0.2, 0.25) is 0 Å². The molecule has 1 rings (SSSR count). The first kappa shape index (κ1) is 17.4. The molecule has 0 saturated carbocycles. The number of aromatic nitrogens is 1. The van der Waals surface area contributed by atoms with Crippen molar-refractivity contribution in [1.82, 2.24) is 15.2 Å². The quantitative estimate of drug-likeness (QED) is 0.797. The fourth-order valence-electron chi connectivity index (χ4n) is 3.06. The summed E-state index contributed by atoms with van der Waals surface area (Å²) in [6.45, 7) is 11.2. The van der Waals surface area contributed by atoms with Crippen LogP contribution in [0.5, 0.6) is 0 Å². The average molecular weight is 298 g/mol. The highest BCUT2D eigenvalue weighted by molar-refractivity contribution is 6.31. The molecule has 2 unspecified atom stereocenters. The van der Waals surface area contributed by atoms with Gasteiger partial charge in [0, 0.05) is 24.0 Å². The van der Waals surface area contributed by atoms with Gasteiger partial charge in [0.15, 0.2) is 0 Å². The van der Waals surface area contributed by atoms with E-state index in [1.807, 2.05) is 19.3 Å². The number of halogens is 1. The van der Waals surface area contributed by atoms with Crippen LogP contribution in [-0.2, 0) is 6.42 Å². The van der Waals surface area contributed by atoms with Crippen LogP contribution < -0.4 is 5.32 Å². The third-order valence-corrected chi connectivity index (χ3v) is 4.92. The normalized spacial score (nSPS) is 16.1. The van der Waals surface area contributed by atoms with Gasteiger partial charge in [0.05, 0.1) is 5.02 Å². The van der Waals surface area contributed by atoms with Gasteiger partial charge in [-0.1, -0.05) is 32.4 Å². The number of hydrogen-bond donors (Lipinski definition) is 1. The summed E-state index contributed by atoms with van der Waals surface area (Å²) in [6, 6.07) is 2.37. The number of pyridine rings is 1. The minimum absolute atomic E-state index is 0.116. The third-order valence-electron chi connectivity index (χ3n) is 4.58. The van der Waals surface area contributed by atoms with Crippen molar-refractivity contribution >= 4 is 11.6 Å². The van der Waals surface area contributed by atoms with Crippen LogP contribution in [0, 0.1) is 0 Å². The lowest BCUT2D eigenvalue weighted by atomic mass is 9.83. The second-order valence-corrected chi connectivity index (χ2v) is 5.80. The van der Waals surface area contributed by atoms with E-state index in [2.05, 4.69) is 42.9 Å². The summed E-state index contributed by atoms with van der Waals surface area (Å²) in [5, 5.41) is 4.25. The second-order valence-electron chi connectivity index (χ2n) is 5.40. The molecule has 3 nitrogen and oxygen atoms in total. The summed E-state index contributed by atoms with van der Waals surface area (Å²) >= 11 is 6.26. The topological polar surface area (TPSA) is 28.2 Å². The largest absolute Gasteiger partial charge is 0.315 e. The Bertz CT molecular complexity index is 406. The van der Waals surface area contributed by atoms with Gasteiger partial charge in [-0.15, -0.1) is 0 Å². The maximum atomic E-state index is 6.26. The SMILES string of the molecule is CCN(CC)C(C)(CC)C(Cc1ccncc1Cl)NC. The van der Waals surface area contributed by atoms with Crippen molar-refractivity contribution in [2.24, 2.45) is 0 Å². The Labute approximate surface area is 128 Å². The molecule has 0 aromatic carbocycles. The fourth-order valence-corrected chi connectivity index (χ4v) is 3.26. The van der Waals surface area contributed by atoms with Crippen LogP contribution in [0.15, 0.2) is 18.5 Å². The molecule has 0 aliphatic rings. The van der Waals surface area contributed by atoms with Crippen molar-refractivity contribution < 1.29 is 0 Å². The van der Waals surface area contributed by atoms with Gasteiger partial charge in [-0.2, -0.15) is 0 Å². The third kappa shape index (κ3) is 3.72. The monoisotopic (exact) mass is 297 g/mol. The molecule has 1 N–H and O–H groups in total. The Morgan fingerprint density at radius 2 is 2.00 bits per heavy atom. The number of likely N-dealkylation sites (N-methyl/N-ethyl adjacent to an activating group) is 2. The molecule has 114 valence electrons. The standard InChI is InChI=1S/C16H28ClN3/c1-6-16(4,20(7-2)8-3)15(18-5)11-13-9-10-19-12-14(13)17/h9-10,12,15,18H,6-8,11H2,1-5H3. The summed E-state index contributed by atoms with van der Waals surface area (Å²) < 4.78 is 0. The Morgan fingerprint density at radius 1 is 1.35 bits per heavy atom. The molecule has 0 aliphatic heterocycles. The molecule has 0 fully saturated rings. The molecular formula is C16H28ClN3. The van der Waals surface area contributed by atoms with Crippen molar-refractivity contribution in [2.45, 2.75) is 52.1 Å². The molecule has 0 bridgehead atoms. The first-order valence-corrected chi connectivity index (χ1v) is 7.91. The predicted molar refractivity (Wildman–Crippen MR) is 87.4 cm³/mol. The highest BCUT2D eigenvalue weighted by Crippen LogP contribution is 2.27. The fraction of sp³-hybridized carbons (Fsp3) is 0.688. The molecule has 1 aromatic rings. The van der Waals surface area contributed by atoms with E-state index >= 15 is 0 Å². The van der Waals surface area contributed by atoms with Gasteiger partial charge < -0.3 is 5.32 Å². The van der Waals surface area contributed by atoms with Crippen LogP contribution in [0.25, 0.3) is 0 Å². The zero-order valence-electron chi connectivity index (χ0n) is 13.4. The lowest BCUT2D eigenvalue weighted by Crippen LogP contribution is -2.59. The molecule has 1 heterocycles. The van der Waals surface area contributed by atoms with E-state index in [1.165, 1.54) is 0 Å². The minimum atomic E-state index is 0.116. The summed E-state index contributed by atoms with van der Waals surface area (Å²) in [6.07, 6.45) is 5.56. The van der Waals surface area contributed by atoms with Gasteiger partial charge in [-0.3, -0.25) is 9.88 Å². The highest BCUT2D eigenvalue weighted by atomic mass is 35.5. The first-order chi connectivity index (χ1) is 9.53. The Balaban J connectivity index is 3.01. The van der Waals surface area contributed by atoms with E-state index in [0.29, 0.717) is 6.04 Å². The molecule has 0 spiro atoms. The van der Waals surface area contributed by atoms with E-state index in [4.69, 9.17) is 11.6 Å². The summed E-state index contributed by atoms with van der Waals surface area (Å²) in [5.74, 6) is 0. The molecule has 1 aromatic heterocycles. The average Bonchev–Trinajstić information content (AvgIpc) is 2.47. The van der Waals surface area contributed by atoms with E-state index < -0.39 is 0 Å². The Hall–Kier alpha value is -0.640. The molecule has 0 amide bonds. The maximum Gasteiger partial charge on any atom is 0.0621 e. The Kier molecular flexibility index (Phi) is 6.93. The van der Waals surface area contributed by atoms with Gasteiger partial charge in [-0.25, -0.2) is 0 Å². The lowest BCUT2D eigenvalue weighted by molar-refractivity contribution is 0.0730. The van der Waals surface area contributed by atoms with Gasteiger partial charge in [-0.05, 0) is 51.5 Å². The second kappa shape index (κ2) is 7.96. The molecular weight excluding hydrogens is 270 g/mol. The van der Waals surface area contributed by atoms with Crippen molar-refractivity contribution in [3.8, 4) is 0 Å². The zero-order valence-corrected chi connectivity index (χ0v) is 14.2. The zero-order chi connectivity index (χ0) is 15.2. The Morgan fingerprint density at radius 3 is 2.45 bits per heavy atom. The summed E-state index contributed by atoms with van der Waals surface area (Å²) in [5.41, 5.74) is 1.28. The number of hydrogen-bond acceptors (Lipinski definition) is 3. The van der Waals surface area contributed by atoms with Crippen molar-refractivity contribution in [3.63, 3.8) is 0 Å². The molecule has 0 aliphatic carbocycles. The molecule has 2 atom stereocenters. The summed E-state index contributed by atoms with van der Waals surface area (Å²) in [7, 11) is 2.04. The maximum absolute atomic E-state index is 6.26. The van der Waals surface area contributed by atoms with Gasteiger partial charge >= 0.3 is 0 Å². The van der Waals surface area contributed by atoms with Crippen molar-refractivity contribution in [1.29, 1.82) is 0 Å². The van der Waals surface area contributed by atoms with E-state index in [-0.39, 0.29) is 5.54 Å². The van der Waals surface area contributed by atoms with Crippen molar-refractivity contribution in [2.75, 3.05) is 20.1 Å². The number of nitrogens with zero attached hydrogens (tertiary/aromatic N) is 2. The molecule has 0 saturated heterocycles. The van der Waals surface area contributed by atoms with Crippen molar-refractivity contribution in [3.05, 3.63) is 29.0 Å². The van der Waals surface area contributed by atoms with Crippen LogP contribution >= 0.6 is 11.6 Å². The van der Waals surface area contributed by atoms with Crippen LogP contribution in [-0.4, -0.2) is 41.6 Å². The summed E-state index contributed by atoms with van der Waals surface area (Å²) in [4.78, 5) is 6.60. The van der Waals surface area contributed by atoms with Gasteiger partial charge in [0.1, 0.15) is 0 Å². The van der Waals surface area contributed by atoms with E-state index in [0.717, 1.165) is 36.5 Å². The van der Waals surface area contributed by atoms with E-state index in [1.54, 1.807) is 6.20 Å². The minimum Gasteiger partial charge on any atom is -0.315 e. The lowest BCUT2D eigenvalue weighted by Gasteiger charge is -2.46. The smallest absolute Gasteiger partial charge is 0.0621 e. The molecule has 0 radical (unpaired) electrons.